The first-order chi connectivity index (χ1) is 15.5. The molecular weight excluding hydrogens is 418 g/mol. The highest BCUT2D eigenvalue weighted by atomic mass is 19.3. The van der Waals surface area contributed by atoms with E-state index in [0.717, 1.165) is 46.7 Å². The van der Waals surface area contributed by atoms with Crippen LogP contribution in [0.15, 0.2) is 53.7 Å². The van der Waals surface area contributed by atoms with Crippen molar-refractivity contribution in [1.82, 2.24) is 24.6 Å². The molecule has 0 radical (unpaired) electrons. The van der Waals surface area contributed by atoms with Crippen LogP contribution in [0, 0.1) is 6.92 Å². The van der Waals surface area contributed by atoms with Gasteiger partial charge in [0.2, 0.25) is 5.88 Å². The Labute approximate surface area is 181 Å². The number of ether oxygens (including phenoxy) is 1. The monoisotopic (exact) mass is 436 g/mol. The Morgan fingerprint density at radius 3 is 2.69 bits per heavy atom. The minimum atomic E-state index is -2.91. The Morgan fingerprint density at radius 1 is 1.06 bits per heavy atom. The van der Waals surface area contributed by atoms with Crippen LogP contribution in [-0.4, -0.2) is 37.7 Å². The first kappa shape index (κ1) is 20.0. The summed E-state index contributed by atoms with van der Waals surface area (Å²) in [6, 6.07) is 8.32. The van der Waals surface area contributed by atoms with Crippen LogP contribution in [0.5, 0.6) is 5.88 Å². The van der Waals surface area contributed by atoms with E-state index < -0.39 is 6.61 Å². The number of aromatic nitrogens is 5. The number of fused-ring (bicyclic) bond motifs is 2. The van der Waals surface area contributed by atoms with Crippen LogP contribution in [0.1, 0.15) is 16.8 Å². The molecule has 5 heterocycles. The number of nitrogens with zero attached hydrogens (tertiary/aromatic N) is 6. The summed E-state index contributed by atoms with van der Waals surface area (Å²) in [7, 11) is 0. The average Bonchev–Trinajstić information content (AvgIpc) is 2.78. The van der Waals surface area contributed by atoms with Gasteiger partial charge in [-0.3, -0.25) is 9.78 Å². The molecule has 1 aliphatic rings. The molecule has 32 heavy (non-hydrogen) atoms. The molecule has 1 aliphatic heterocycles. The topological polar surface area (TPSA) is 85.5 Å². The standard InChI is InChI=1S/C22H18F2N6O2/c1-13-8-18-25-6-4-20(31)30(18)28-21(13)29-7-5-17-16(12-29)9-15(11-26-17)14-2-3-19(27-10-14)32-22(23)24/h2-4,6,8-11,22H,5,7,12H2,1H3. The average molecular weight is 436 g/mol. The fourth-order valence-corrected chi connectivity index (χ4v) is 3.84. The molecule has 0 fully saturated rings. The molecule has 0 saturated carbocycles. The smallest absolute Gasteiger partial charge is 0.388 e. The molecule has 4 aromatic heterocycles. The third-order valence-corrected chi connectivity index (χ3v) is 5.36. The minimum absolute atomic E-state index is 0.136. The first-order valence-corrected chi connectivity index (χ1v) is 9.97. The van der Waals surface area contributed by atoms with Gasteiger partial charge in [0, 0.05) is 67.1 Å². The summed E-state index contributed by atoms with van der Waals surface area (Å²) >= 11 is 0. The summed E-state index contributed by atoms with van der Waals surface area (Å²) < 4.78 is 30.3. The Hall–Kier alpha value is -3.95. The molecule has 0 unspecified atom stereocenters. The van der Waals surface area contributed by atoms with Gasteiger partial charge in [-0.1, -0.05) is 0 Å². The third-order valence-electron chi connectivity index (χ3n) is 5.36. The zero-order valence-electron chi connectivity index (χ0n) is 17.1. The maximum Gasteiger partial charge on any atom is 0.388 e. The molecule has 10 heteroatoms. The molecule has 162 valence electrons. The van der Waals surface area contributed by atoms with E-state index in [1.54, 1.807) is 12.3 Å². The van der Waals surface area contributed by atoms with Crippen molar-refractivity contribution in [1.29, 1.82) is 0 Å². The summed E-state index contributed by atoms with van der Waals surface area (Å²) in [5, 5.41) is 4.55. The van der Waals surface area contributed by atoms with Crippen LogP contribution in [0.4, 0.5) is 14.6 Å². The van der Waals surface area contributed by atoms with Crippen molar-refractivity contribution in [3.63, 3.8) is 0 Å². The van der Waals surface area contributed by atoms with Gasteiger partial charge in [-0.05, 0) is 36.2 Å². The van der Waals surface area contributed by atoms with Gasteiger partial charge < -0.3 is 9.64 Å². The number of aryl methyl sites for hydroxylation is 1. The van der Waals surface area contributed by atoms with Gasteiger partial charge in [-0.15, -0.1) is 5.10 Å². The number of pyridine rings is 2. The highest BCUT2D eigenvalue weighted by molar-refractivity contribution is 5.64. The number of anilines is 1. The second-order valence-electron chi connectivity index (χ2n) is 7.47. The van der Waals surface area contributed by atoms with Crippen molar-refractivity contribution < 1.29 is 13.5 Å². The van der Waals surface area contributed by atoms with Crippen LogP contribution in [-0.2, 0) is 13.0 Å². The Kier molecular flexibility index (Phi) is 4.96. The molecule has 0 aromatic carbocycles. The van der Waals surface area contributed by atoms with Gasteiger partial charge in [0.1, 0.15) is 0 Å². The van der Waals surface area contributed by atoms with Crippen molar-refractivity contribution in [3.05, 3.63) is 76.1 Å². The van der Waals surface area contributed by atoms with Crippen molar-refractivity contribution >= 4 is 11.5 Å². The number of hydrogen-bond acceptors (Lipinski definition) is 7. The molecule has 0 saturated heterocycles. The van der Waals surface area contributed by atoms with E-state index in [-0.39, 0.29) is 11.4 Å². The van der Waals surface area contributed by atoms with Crippen LogP contribution in [0.2, 0.25) is 0 Å². The van der Waals surface area contributed by atoms with Gasteiger partial charge in [0.15, 0.2) is 11.5 Å². The van der Waals surface area contributed by atoms with Gasteiger partial charge >= 0.3 is 6.61 Å². The third kappa shape index (κ3) is 3.75. The minimum Gasteiger partial charge on any atom is -0.417 e. The summed E-state index contributed by atoms with van der Waals surface area (Å²) in [5.74, 6) is 0.585. The first-order valence-electron chi connectivity index (χ1n) is 9.97. The highest BCUT2D eigenvalue weighted by Gasteiger charge is 2.21. The van der Waals surface area contributed by atoms with E-state index in [1.165, 1.54) is 29.0 Å². The lowest BCUT2D eigenvalue weighted by molar-refractivity contribution is -0.0528. The molecule has 0 N–H and O–H groups in total. The molecule has 0 amide bonds. The Morgan fingerprint density at radius 2 is 1.91 bits per heavy atom. The van der Waals surface area contributed by atoms with E-state index >= 15 is 0 Å². The van der Waals surface area contributed by atoms with E-state index in [0.29, 0.717) is 12.2 Å². The molecule has 0 aliphatic carbocycles. The molecule has 4 aromatic rings. The van der Waals surface area contributed by atoms with Gasteiger partial charge in [0.25, 0.3) is 5.56 Å². The maximum atomic E-state index is 12.3. The fourth-order valence-electron chi connectivity index (χ4n) is 3.84. The lowest BCUT2D eigenvalue weighted by atomic mass is 10.0. The molecular formula is C22H18F2N6O2. The maximum absolute atomic E-state index is 12.3. The van der Waals surface area contributed by atoms with Crippen molar-refractivity contribution in [2.45, 2.75) is 26.5 Å². The fraction of sp³-hybridized carbons (Fsp3) is 0.227. The van der Waals surface area contributed by atoms with Crippen LogP contribution < -0.4 is 15.2 Å². The summed E-state index contributed by atoms with van der Waals surface area (Å²) in [4.78, 5) is 27.0. The summed E-state index contributed by atoms with van der Waals surface area (Å²) in [6.45, 7) is 0.323. The van der Waals surface area contributed by atoms with Crippen molar-refractivity contribution in [3.8, 4) is 17.0 Å². The van der Waals surface area contributed by atoms with Gasteiger partial charge in [0.05, 0.1) is 0 Å². The number of halogens is 2. The molecule has 8 nitrogen and oxygen atoms in total. The van der Waals surface area contributed by atoms with E-state index in [1.807, 2.05) is 19.1 Å². The van der Waals surface area contributed by atoms with E-state index in [4.69, 9.17) is 0 Å². The van der Waals surface area contributed by atoms with Crippen LogP contribution >= 0.6 is 0 Å². The van der Waals surface area contributed by atoms with E-state index in [9.17, 15) is 13.6 Å². The molecule has 0 bridgehead atoms. The van der Waals surface area contributed by atoms with E-state index in [2.05, 4.69) is 29.7 Å². The zero-order valence-corrected chi connectivity index (χ0v) is 17.1. The Balaban J connectivity index is 1.45. The second-order valence-corrected chi connectivity index (χ2v) is 7.47. The number of hydrogen-bond donors (Lipinski definition) is 0. The molecule has 0 spiro atoms. The molecule has 0 atom stereocenters. The van der Waals surface area contributed by atoms with Gasteiger partial charge in [-0.2, -0.15) is 13.3 Å². The number of alkyl halides is 2. The lowest BCUT2D eigenvalue weighted by Gasteiger charge is -2.30. The normalized spacial score (nSPS) is 13.4. The van der Waals surface area contributed by atoms with Gasteiger partial charge in [-0.25, -0.2) is 9.97 Å². The second kappa shape index (κ2) is 7.95. The van der Waals surface area contributed by atoms with Crippen molar-refractivity contribution in [2.75, 3.05) is 11.4 Å². The summed E-state index contributed by atoms with van der Waals surface area (Å²) in [5.41, 5.74) is 4.79. The predicted molar refractivity (Wildman–Crippen MR) is 113 cm³/mol. The SMILES string of the molecule is Cc1cc2nccc(=O)n2nc1N1CCc2ncc(-c3ccc(OC(F)F)nc3)cc2C1. The van der Waals surface area contributed by atoms with Crippen LogP contribution in [0.25, 0.3) is 16.8 Å². The lowest BCUT2D eigenvalue weighted by Crippen LogP contribution is -2.33. The summed E-state index contributed by atoms with van der Waals surface area (Å²) in [6.07, 6.45) is 5.44. The highest BCUT2D eigenvalue weighted by Crippen LogP contribution is 2.28. The van der Waals surface area contributed by atoms with Crippen molar-refractivity contribution in [2.24, 2.45) is 0 Å². The largest absolute Gasteiger partial charge is 0.417 e. The zero-order chi connectivity index (χ0) is 22.2. The predicted octanol–water partition coefficient (Wildman–Crippen LogP) is 3.02. The quantitative estimate of drug-likeness (QED) is 0.486. The van der Waals surface area contributed by atoms with Crippen LogP contribution in [0.3, 0.4) is 0 Å². The Bertz CT molecular complexity index is 1360. The number of rotatable bonds is 4. The molecule has 5 rings (SSSR count).